The van der Waals surface area contributed by atoms with Gasteiger partial charge < -0.3 is 15.2 Å². The number of nitrogens with one attached hydrogen (secondary N) is 2. The number of anilines is 2. The number of nitrogens with zero attached hydrogens (tertiary/aromatic N) is 1. The van der Waals surface area contributed by atoms with Crippen LogP contribution in [0.3, 0.4) is 0 Å². The first-order valence-electron chi connectivity index (χ1n) is 6.09. The molecular weight excluding hydrogens is 242 g/mol. The zero-order valence-corrected chi connectivity index (χ0v) is 11.3. The van der Waals surface area contributed by atoms with Gasteiger partial charge in [0.15, 0.2) is 5.82 Å². The number of benzene rings is 1. The minimum Gasteiger partial charge on any atom is -0.376 e. The summed E-state index contributed by atoms with van der Waals surface area (Å²) in [5.74, 6) is 0.941. The number of carbonyl (C=O) groups is 1. The van der Waals surface area contributed by atoms with Crippen LogP contribution in [-0.2, 0) is 4.79 Å². The van der Waals surface area contributed by atoms with Crippen LogP contribution in [-0.4, -0.2) is 17.6 Å². The summed E-state index contributed by atoms with van der Waals surface area (Å²) in [6, 6.07) is 7.72. The molecule has 0 bridgehead atoms. The summed E-state index contributed by atoms with van der Waals surface area (Å²) in [5, 5.41) is 9.46. The third kappa shape index (κ3) is 3.58. The molecule has 5 heteroatoms. The standard InChI is InChI=1S/C14H17N3O2/c1-9-4-5-12(10(2)6-9)15-8-14(18)16-13-7-11(3)19-17-13/h4-7,15H,8H2,1-3H3,(H,16,17,18). The molecule has 0 aliphatic heterocycles. The van der Waals surface area contributed by atoms with Gasteiger partial charge in [0.1, 0.15) is 5.76 Å². The van der Waals surface area contributed by atoms with Crippen LogP contribution in [0.1, 0.15) is 16.9 Å². The highest BCUT2D eigenvalue weighted by Crippen LogP contribution is 2.15. The average molecular weight is 259 g/mol. The van der Waals surface area contributed by atoms with E-state index in [1.165, 1.54) is 5.56 Å². The van der Waals surface area contributed by atoms with Crippen molar-refractivity contribution in [3.63, 3.8) is 0 Å². The second kappa shape index (κ2) is 5.56. The molecule has 2 aromatic rings. The maximum absolute atomic E-state index is 11.7. The van der Waals surface area contributed by atoms with Crippen LogP contribution in [0.4, 0.5) is 11.5 Å². The molecule has 2 N–H and O–H groups in total. The van der Waals surface area contributed by atoms with Crippen LogP contribution < -0.4 is 10.6 Å². The predicted octanol–water partition coefficient (Wildman–Crippen LogP) is 2.65. The van der Waals surface area contributed by atoms with E-state index in [1.807, 2.05) is 26.0 Å². The molecule has 1 aromatic heterocycles. The lowest BCUT2D eigenvalue weighted by Crippen LogP contribution is -2.22. The Bertz CT molecular complexity index is 590. The van der Waals surface area contributed by atoms with Crippen LogP contribution >= 0.6 is 0 Å². The molecule has 0 unspecified atom stereocenters. The van der Waals surface area contributed by atoms with Crippen molar-refractivity contribution in [2.75, 3.05) is 17.2 Å². The highest BCUT2D eigenvalue weighted by atomic mass is 16.5. The molecule has 0 aliphatic carbocycles. The van der Waals surface area contributed by atoms with E-state index in [9.17, 15) is 4.79 Å². The molecule has 1 aromatic carbocycles. The summed E-state index contributed by atoms with van der Waals surface area (Å²) >= 11 is 0. The van der Waals surface area contributed by atoms with Crippen LogP contribution in [0, 0.1) is 20.8 Å². The summed E-state index contributed by atoms with van der Waals surface area (Å²) in [7, 11) is 0. The molecule has 0 saturated carbocycles. The number of carbonyl (C=O) groups excluding carboxylic acids is 1. The zero-order chi connectivity index (χ0) is 13.8. The monoisotopic (exact) mass is 259 g/mol. The molecule has 0 aliphatic rings. The van der Waals surface area contributed by atoms with Gasteiger partial charge in [-0.05, 0) is 32.4 Å². The molecule has 5 nitrogen and oxygen atoms in total. The fraction of sp³-hybridized carbons (Fsp3) is 0.286. The molecule has 1 heterocycles. The number of rotatable bonds is 4. The van der Waals surface area contributed by atoms with E-state index in [2.05, 4.69) is 21.9 Å². The van der Waals surface area contributed by atoms with Crippen molar-refractivity contribution in [1.29, 1.82) is 0 Å². The minimum absolute atomic E-state index is 0.159. The SMILES string of the molecule is Cc1ccc(NCC(=O)Nc2cc(C)on2)c(C)c1. The summed E-state index contributed by atoms with van der Waals surface area (Å²) in [5.41, 5.74) is 3.27. The summed E-state index contributed by atoms with van der Waals surface area (Å²) in [6.07, 6.45) is 0. The summed E-state index contributed by atoms with van der Waals surface area (Å²) in [6.45, 7) is 6.01. The van der Waals surface area contributed by atoms with E-state index in [4.69, 9.17) is 4.52 Å². The van der Waals surface area contributed by atoms with E-state index >= 15 is 0 Å². The Labute approximate surface area is 112 Å². The van der Waals surface area contributed by atoms with Crippen LogP contribution in [0.5, 0.6) is 0 Å². The summed E-state index contributed by atoms with van der Waals surface area (Å²) < 4.78 is 4.88. The molecule has 0 saturated heterocycles. The van der Waals surface area contributed by atoms with Gasteiger partial charge in [0.05, 0.1) is 6.54 Å². The van der Waals surface area contributed by atoms with Crippen molar-refractivity contribution in [2.45, 2.75) is 20.8 Å². The second-order valence-electron chi connectivity index (χ2n) is 4.54. The van der Waals surface area contributed by atoms with Crippen molar-refractivity contribution >= 4 is 17.4 Å². The highest BCUT2D eigenvalue weighted by molar-refractivity contribution is 5.92. The van der Waals surface area contributed by atoms with Gasteiger partial charge in [0, 0.05) is 11.8 Å². The molecule has 1 amide bonds. The molecule has 100 valence electrons. The number of aryl methyl sites for hydroxylation is 3. The number of aromatic nitrogens is 1. The van der Waals surface area contributed by atoms with Crippen LogP contribution in [0.25, 0.3) is 0 Å². The zero-order valence-electron chi connectivity index (χ0n) is 11.3. The molecule has 19 heavy (non-hydrogen) atoms. The predicted molar refractivity (Wildman–Crippen MR) is 74.3 cm³/mol. The third-order valence-electron chi connectivity index (χ3n) is 2.72. The minimum atomic E-state index is -0.159. The van der Waals surface area contributed by atoms with E-state index in [0.717, 1.165) is 11.3 Å². The Morgan fingerprint density at radius 2 is 2.05 bits per heavy atom. The van der Waals surface area contributed by atoms with Gasteiger partial charge in [-0.3, -0.25) is 4.79 Å². The lowest BCUT2D eigenvalue weighted by atomic mass is 10.1. The maximum Gasteiger partial charge on any atom is 0.244 e. The highest BCUT2D eigenvalue weighted by Gasteiger charge is 2.06. The maximum atomic E-state index is 11.7. The Hall–Kier alpha value is -2.30. The first kappa shape index (κ1) is 13.1. The largest absolute Gasteiger partial charge is 0.376 e. The Morgan fingerprint density at radius 1 is 1.26 bits per heavy atom. The van der Waals surface area contributed by atoms with Gasteiger partial charge in [0.25, 0.3) is 0 Å². The Morgan fingerprint density at radius 3 is 2.68 bits per heavy atom. The van der Waals surface area contributed by atoms with Crippen molar-refractivity contribution in [1.82, 2.24) is 5.16 Å². The van der Waals surface area contributed by atoms with Crippen molar-refractivity contribution in [3.8, 4) is 0 Å². The van der Waals surface area contributed by atoms with E-state index < -0.39 is 0 Å². The molecule has 0 radical (unpaired) electrons. The van der Waals surface area contributed by atoms with Crippen molar-refractivity contribution < 1.29 is 9.32 Å². The van der Waals surface area contributed by atoms with Crippen LogP contribution in [0.15, 0.2) is 28.8 Å². The number of amides is 1. The Kier molecular flexibility index (Phi) is 3.85. The lowest BCUT2D eigenvalue weighted by molar-refractivity contribution is -0.114. The number of hydrogen-bond donors (Lipinski definition) is 2. The fourth-order valence-corrected chi connectivity index (χ4v) is 1.80. The second-order valence-corrected chi connectivity index (χ2v) is 4.54. The number of hydrogen-bond acceptors (Lipinski definition) is 4. The Balaban J connectivity index is 1.89. The van der Waals surface area contributed by atoms with E-state index in [-0.39, 0.29) is 12.5 Å². The van der Waals surface area contributed by atoms with Gasteiger partial charge in [-0.1, -0.05) is 22.9 Å². The molecular formula is C14H17N3O2. The van der Waals surface area contributed by atoms with Crippen molar-refractivity contribution in [2.24, 2.45) is 0 Å². The van der Waals surface area contributed by atoms with E-state index in [0.29, 0.717) is 11.6 Å². The normalized spacial score (nSPS) is 10.3. The van der Waals surface area contributed by atoms with Gasteiger partial charge in [-0.2, -0.15) is 0 Å². The van der Waals surface area contributed by atoms with Gasteiger partial charge in [0.2, 0.25) is 5.91 Å². The summed E-state index contributed by atoms with van der Waals surface area (Å²) in [4.78, 5) is 11.7. The van der Waals surface area contributed by atoms with Gasteiger partial charge >= 0.3 is 0 Å². The van der Waals surface area contributed by atoms with Crippen LogP contribution in [0.2, 0.25) is 0 Å². The van der Waals surface area contributed by atoms with Gasteiger partial charge in [-0.15, -0.1) is 0 Å². The third-order valence-corrected chi connectivity index (χ3v) is 2.72. The molecule has 0 fully saturated rings. The van der Waals surface area contributed by atoms with E-state index in [1.54, 1.807) is 13.0 Å². The van der Waals surface area contributed by atoms with Crippen molar-refractivity contribution in [3.05, 3.63) is 41.2 Å². The smallest absolute Gasteiger partial charge is 0.244 e. The molecule has 2 rings (SSSR count). The van der Waals surface area contributed by atoms with Gasteiger partial charge in [-0.25, -0.2) is 0 Å². The average Bonchev–Trinajstić information content (AvgIpc) is 2.73. The quantitative estimate of drug-likeness (QED) is 0.885. The topological polar surface area (TPSA) is 67.2 Å². The molecule has 0 spiro atoms. The first-order valence-corrected chi connectivity index (χ1v) is 6.09. The molecule has 0 atom stereocenters. The fourth-order valence-electron chi connectivity index (χ4n) is 1.80. The lowest BCUT2D eigenvalue weighted by Gasteiger charge is -2.09. The first-order chi connectivity index (χ1) is 9.04.